The zero-order chi connectivity index (χ0) is 42.3. The topological polar surface area (TPSA) is 102 Å². The van der Waals surface area contributed by atoms with Crippen molar-refractivity contribution in [2.24, 2.45) is 0 Å². The summed E-state index contributed by atoms with van der Waals surface area (Å²) in [5, 5.41) is 2.90. The zero-order valence-corrected chi connectivity index (χ0v) is 38.6. The molecule has 1 aromatic rings. The van der Waals surface area contributed by atoms with Crippen molar-refractivity contribution in [2.45, 2.75) is 252 Å². The largest absolute Gasteiger partial charge is 0.466 e. The molecule has 8 nitrogen and oxygen atoms in total. The van der Waals surface area contributed by atoms with E-state index in [9.17, 15) is 19.2 Å². The SMILES string of the molecule is CCCCCCCCCOC(=O)CCCCCCCN(CCCCCCCC(=O)OC(CCCCCCCC)CCCCCCCC)CCCc1c(NC)c(=O)c1=O. The van der Waals surface area contributed by atoms with Gasteiger partial charge in [0.25, 0.3) is 0 Å². The summed E-state index contributed by atoms with van der Waals surface area (Å²) in [7, 11) is 1.71. The molecule has 338 valence electrons. The predicted molar refractivity (Wildman–Crippen MR) is 246 cm³/mol. The molecule has 0 amide bonds. The molecule has 0 aromatic heterocycles. The van der Waals surface area contributed by atoms with E-state index in [0.717, 1.165) is 116 Å². The van der Waals surface area contributed by atoms with Crippen LogP contribution in [0, 0.1) is 0 Å². The lowest BCUT2D eigenvalue weighted by atomic mass is 10.0. The van der Waals surface area contributed by atoms with E-state index in [1.54, 1.807) is 7.05 Å². The zero-order valence-electron chi connectivity index (χ0n) is 38.6. The van der Waals surface area contributed by atoms with Crippen LogP contribution in [0.25, 0.3) is 0 Å². The van der Waals surface area contributed by atoms with Crippen LogP contribution in [0.4, 0.5) is 5.69 Å². The van der Waals surface area contributed by atoms with Crippen LogP contribution in [0.3, 0.4) is 0 Å². The Hall–Kier alpha value is -2.22. The van der Waals surface area contributed by atoms with Gasteiger partial charge in [-0.25, -0.2) is 0 Å². The van der Waals surface area contributed by atoms with E-state index in [0.29, 0.717) is 37.1 Å². The molecule has 0 saturated carbocycles. The van der Waals surface area contributed by atoms with Gasteiger partial charge in [-0.1, -0.05) is 162 Å². The predicted octanol–water partition coefficient (Wildman–Crippen LogP) is 12.9. The Morgan fingerprint density at radius 2 is 0.914 bits per heavy atom. The van der Waals surface area contributed by atoms with E-state index >= 15 is 0 Å². The van der Waals surface area contributed by atoms with Crippen molar-refractivity contribution in [3.8, 4) is 0 Å². The molecule has 0 aliphatic carbocycles. The lowest BCUT2D eigenvalue weighted by molar-refractivity contribution is -0.150. The number of rotatable bonds is 44. The number of nitrogens with one attached hydrogen (secondary N) is 1. The van der Waals surface area contributed by atoms with Gasteiger partial charge in [0.05, 0.1) is 12.3 Å². The van der Waals surface area contributed by atoms with Crippen molar-refractivity contribution in [2.75, 3.05) is 38.6 Å². The van der Waals surface area contributed by atoms with E-state index in [-0.39, 0.29) is 28.9 Å². The molecule has 1 rings (SSSR count). The number of hydrogen-bond acceptors (Lipinski definition) is 8. The average Bonchev–Trinajstić information content (AvgIpc) is 3.22. The van der Waals surface area contributed by atoms with Crippen LogP contribution in [0.2, 0.25) is 0 Å². The molecule has 0 atom stereocenters. The van der Waals surface area contributed by atoms with Gasteiger partial charge in [0.2, 0.25) is 10.9 Å². The maximum atomic E-state index is 12.8. The summed E-state index contributed by atoms with van der Waals surface area (Å²) in [5.74, 6) is -0.0541. The molecule has 0 aliphatic heterocycles. The van der Waals surface area contributed by atoms with Gasteiger partial charge < -0.3 is 19.7 Å². The summed E-state index contributed by atoms with van der Waals surface area (Å²) in [6.45, 7) is 10.3. The second-order valence-electron chi connectivity index (χ2n) is 17.3. The number of esters is 2. The van der Waals surface area contributed by atoms with Crippen LogP contribution >= 0.6 is 0 Å². The summed E-state index contributed by atoms with van der Waals surface area (Å²) in [4.78, 5) is 51.4. The third kappa shape index (κ3) is 29.1. The maximum Gasteiger partial charge on any atom is 0.306 e. The van der Waals surface area contributed by atoms with Gasteiger partial charge in [-0.05, 0) is 90.3 Å². The molecule has 0 aliphatic rings. The second-order valence-corrected chi connectivity index (χ2v) is 17.3. The Morgan fingerprint density at radius 1 is 0.500 bits per heavy atom. The van der Waals surface area contributed by atoms with Crippen LogP contribution in [-0.4, -0.2) is 56.2 Å². The maximum absolute atomic E-state index is 12.8. The van der Waals surface area contributed by atoms with Gasteiger partial charge in [0.1, 0.15) is 6.10 Å². The lowest BCUT2D eigenvalue weighted by Crippen LogP contribution is -2.38. The van der Waals surface area contributed by atoms with Crippen molar-refractivity contribution in [3.05, 3.63) is 26.0 Å². The van der Waals surface area contributed by atoms with Crippen molar-refractivity contribution in [1.29, 1.82) is 0 Å². The van der Waals surface area contributed by atoms with Gasteiger partial charge in [0, 0.05) is 25.5 Å². The van der Waals surface area contributed by atoms with E-state index in [4.69, 9.17) is 9.47 Å². The van der Waals surface area contributed by atoms with E-state index in [2.05, 4.69) is 31.0 Å². The first-order valence-electron chi connectivity index (χ1n) is 24.9. The van der Waals surface area contributed by atoms with E-state index < -0.39 is 0 Å². The molecule has 8 heteroatoms. The highest BCUT2D eigenvalue weighted by molar-refractivity contribution is 5.69. The number of hydrogen-bond donors (Lipinski definition) is 1. The molecule has 0 unspecified atom stereocenters. The highest BCUT2D eigenvalue weighted by Gasteiger charge is 2.19. The summed E-state index contributed by atoms with van der Waals surface area (Å²) in [6, 6.07) is 0. The first-order valence-corrected chi connectivity index (χ1v) is 24.9. The minimum atomic E-state index is -0.384. The fraction of sp³-hybridized carbons (Fsp3) is 0.880. The van der Waals surface area contributed by atoms with E-state index in [1.165, 1.54) is 109 Å². The summed E-state index contributed by atoms with van der Waals surface area (Å²) in [5.41, 5.74) is 0.439. The Bertz CT molecular complexity index is 1160. The van der Waals surface area contributed by atoms with Gasteiger partial charge >= 0.3 is 11.9 Å². The Kier molecular flexibility index (Phi) is 36.1. The summed E-state index contributed by atoms with van der Waals surface area (Å²) >= 11 is 0. The fourth-order valence-electron chi connectivity index (χ4n) is 8.16. The number of carbonyl (C=O) groups excluding carboxylic acids is 2. The third-order valence-corrected chi connectivity index (χ3v) is 11.9. The molecule has 0 spiro atoms. The monoisotopic (exact) mass is 817 g/mol. The molecule has 58 heavy (non-hydrogen) atoms. The highest BCUT2D eigenvalue weighted by atomic mass is 16.5. The van der Waals surface area contributed by atoms with Crippen LogP contribution in [0.15, 0.2) is 9.59 Å². The Morgan fingerprint density at radius 3 is 1.41 bits per heavy atom. The van der Waals surface area contributed by atoms with Gasteiger partial charge in [-0.15, -0.1) is 0 Å². The lowest BCUT2D eigenvalue weighted by Gasteiger charge is -2.23. The molecule has 1 N–H and O–H groups in total. The summed E-state index contributed by atoms with van der Waals surface area (Å²) in [6.07, 6.45) is 39.1. The molecule has 1 aromatic carbocycles. The molecular formula is C50H92N2O6. The van der Waals surface area contributed by atoms with Gasteiger partial charge in [0.15, 0.2) is 0 Å². The molecule has 0 saturated heterocycles. The smallest absolute Gasteiger partial charge is 0.306 e. The molecule has 0 radical (unpaired) electrons. The molecule has 0 bridgehead atoms. The first-order chi connectivity index (χ1) is 28.4. The third-order valence-electron chi connectivity index (χ3n) is 11.9. The van der Waals surface area contributed by atoms with Crippen molar-refractivity contribution in [3.63, 3.8) is 0 Å². The normalized spacial score (nSPS) is 11.6. The Labute approximate surface area is 356 Å². The van der Waals surface area contributed by atoms with Crippen LogP contribution in [0.5, 0.6) is 0 Å². The van der Waals surface area contributed by atoms with Crippen LogP contribution in [0.1, 0.15) is 245 Å². The number of carbonyl (C=O) groups is 2. The van der Waals surface area contributed by atoms with Crippen LogP contribution in [-0.2, 0) is 25.5 Å². The highest BCUT2D eigenvalue weighted by Crippen LogP contribution is 2.19. The van der Waals surface area contributed by atoms with Gasteiger partial charge in [-0.2, -0.15) is 0 Å². The van der Waals surface area contributed by atoms with Crippen LogP contribution < -0.4 is 16.2 Å². The number of anilines is 1. The van der Waals surface area contributed by atoms with E-state index in [1.807, 2.05) is 0 Å². The molecular weight excluding hydrogens is 725 g/mol. The first kappa shape index (κ1) is 53.8. The minimum Gasteiger partial charge on any atom is -0.466 e. The summed E-state index contributed by atoms with van der Waals surface area (Å²) < 4.78 is 11.5. The molecule has 0 heterocycles. The quantitative estimate of drug-likeness (QED) is 0.0395. The number of nitrogens with zero attached hydrogens (tertiary/aromatic N) is 1. The minimum absolute atomic E-state index is 0.00457. The van der Waals surface area contributed by atoms with Crippen molar-refractivity contribution < 1.29 is 19.1 Å². The number of ether oxygens (including phenoxy) is 2. The second kappa shape index (κ2) is 38.9. The standard InChI is InChI=1S/C50H92N2O6/c1-5-8-11-14-17-26-33-43-57-46(53)38-29-22-18-24-31-40-52(42-34-37-45-48(51-4)50(56)49(45)55)41-32-25-19-23-30-39-47(54)58-44(35-27-20-15-12-9-6-2)36-28-21-16-13-10-7-3/h44,51H,5-43H2,1-4H3. The van der Waals surface area contributed by atoms with Crippen molar-refractivity contribution >= 4 is 17.6 Å². The molecule has 0 fully saturated rings. The Balaban J connectivity index is 2.35. The average molecular weight is 817 g/mol. The van der Waals surface area contributed by atoms with Crippen molar-refractivity contribution in [1.82, 2.24) is 4.90 Å². The number of unbranched alkanes of at least 4 members (excludes halogenated alkanes) is 24. The van der Waals surface area contributed by atoms with Gasteiger partial charge in [-0.3, -0.25) is 19.2 Å². The fourth-order valence-corrected chi connectivity index (χ4v) is 8.16.